The third-order valence-electron chi connectivity index (χ3n) is 5.54. The van der Waals surface area contributed by atoms with Gasteiger partial charge in [-0.25, -0.2) is 4.98 Å². The molecule has 138 valence electrons. The van der Waals surface area contributed by atoms with Gasteiger partial charge in [0.05, 0.1) is 11.5 Å². The molecule has 0 radical (unpaired) electrons. The maximum atomic E-state index is 12.6. The van der Waals surface area contributed by atoms with Gasteiger partial charge in [-0.15, -0.1) is 0 Å². The number of H-pyrrole nitrogens is 1. The Morgan fingerprint density at radius 2 is 2.37 bits per heavy atom. The topological polar surface area (TPSA) is 102 Å². The highest BCUT2D eigenvalue weighted by molar-refractivity contribution is 5.93. The van der Waals surface area contributed by atoms with Gasteiger partial charge in [-0.2, -0.15) is 5.26 Å². The summed E-state index contributed by atoms with van der Waals surface area (Å²) in [6.45, 7) is 3.25. The van der Waals surface area contributed by atoms with Crippen LogP contribution in [0.1, 0.15) is 31.7 Å². The van der Waals surface area contributed by atoms with Crippen molar-refractivity contribution in [2.45, 2.75) is 26.2 Å². The Hall–Kier alpha value is -3.14. The number of nitrogens with zero attached hydrogens (tertiary/aromatic N) is 3. The van der Waals surface area contributed by atoms with E-state index in [1.807, 2.05) is 23.2 Å². The van der Waals surface area contributed by atoms with Crippen LogP contribution in [0, 0.1) is 22.7 Å². The molecule has 4 rings (SSSR count). The third-order valence-corrected chi connectivity index (χ3v) is 5.54. The summed E-state index contributed by atoms with van der Waals surface area (Å²) < 4.78 is 0. The molecule has 2 aliphatic rings. The Labute approximate surface area is 157 Å². The van der Waals surface area contributed by atoms with Gasteiger partial charge in [0.1, 0.15) is 11.5 Å². The zero-order valence-electron chi connectivity index (χ0n) is 15.2. The Bertz CT molecular complexity index is 980. The minimum absolute atomic E-state index is 0.0565. The molecular formula is C20H21N5O2. The first-order chi connectivity index (χ1) is 13.0. The largest absolute Gasteiger partial charge is 0.346 e. The minimum atomic E-state index is -0.415. The second-order valence-corrected chi connectivity index (χ2v) is 7.49. The van der Waals surface area contributed by atoms with Crippen LogP contribution in [0.5, 0.6) is 0 Å². The Kier molecular flexibility index (Phi) is 4.19. The molecule has 2 N–H and O–H groups in total. The standard InChI is InChI=1S/C20H21N5O2/c1-13-10-25(18(27)9-20(11-21)4-5-20)7-3-14(13)16-8-17(23-12-26)24-19-15(16)2-6-22-19/h2-3,6,8,12-13H,4-5,7,9-10H2,1H3,(H2,22,23,24,26). The summed E-state index contributed by atoms with van der Waals surface area (Å²) >= 11 is 0. The van der Waals surface area contributed by atoms with Crippen molar-refractivity contribution in [1.29, 1.82) is 5.26 Å². The van der Waals surface area contributed by atoms with Crippen molar-refractivity contribution >= 4 is 34.7 Å². The van der Waals surface area contributed by atoms with Crippen molar-refractivity contribution in [2.24, 2.45) is 11.3 Å². The quantitative estimate of drug-likeness (QED) is 0.797. The summed E-state index contributed by atoms with van der Waals surface area (Å²) in [7, 11) is 0. The van der Waals surface area contributed by atoms with E-state index < -0.39 is 5.41 Å². The molecule has 0 saturated heterocycles. The van der Waals surface area contributed by atoms with Crippen molar-refractivity contribution in [3.8, 4) is 6.07 Å². The van der Waals surface area contributed by atoms with Crippen LogP contribution in [-0.2, 0) is 9.59 Å². The van der Waals surface area contributed by atoms with E-state index in [-0.39, 0.29) is 11.8 Å². The van der Waals surface area contributed by atoms with Crippen molar-refractivity contribution in [2.75, 3.05) is 18.4 Å². The number of aromatic amines is 1. The van der Waals surface area contributed by atoms with Crippen LogP contribution >= 0.6 is 0 Å². The molecule has 0 spiro atoms. The zero-order chi connectivity index (χ0) is 19.0. The fourth-order valence-electron chi connectivity index (χ4n) is 3.78. The molecule has 1 atom stereocenters. The Balaban J connectivity index is 1.60. The lowest BCUT2D eigenvalue weighted by Gasteiger charge is -2.32. The monoisotopic (exact) mass is 363 g/mol. The second kappa shape index (κ2) is 6.54. The first-order valence-electron chi connectivity index (χ1n) is 9.13. The zero-order valence-corrected chi connectivity index (χ0v) is 15.2. The fraction of sp³-hybridized carbons (Fsp3) is 0.400. The molecule has 1 aliphatic heterocycles. The van der Waals surface area contributed by atoms with Crippen LogP contribution in [0.4, 0.5) is 5.82 Å². The molecule has 1 fully saturated rings. The highest BCUT2D eigenvalue weighted by Gasteiger charge is 2.45. The fourth-order valence-corrected chi connectivity index (χ4v) is 3.78. The lowest BCUT2D eigenvalue weighted by atomic mass is 9.89. The van der Waals surface area contributed by atoms with E-state index in [0.29, 0.717) is 37.4 Å². The molecular weight excluding hydrogens is 342 g/mol. The summed E-state index contributed by atoms with van der Waals surface area (Å²) in [5.74, 6) is 0.691. The molecule has 7 heteroatoms. The summed E-state index contributed by atoms with van der Waals surface area (Å²) in [5, 5.41) is 12.8. The van der Waals surface area contributed by atoms with Gasteiger partial charge in [-0.1, -0.05) is 13.0 Å². The van der Waals surface area contributed by atoms with Gasteiger partial charge < -0.3 is 15.2 Å². The molecule has 0 aromatic carbocycles. The van der Waals surface area contributed by atoms with Crippen LogP contribution in [0.25, 0.3) is 16.6 Å². The second-order valence-electron chi connectivity index (χ2n) is 7.49. The molecule has 3 heterocycles. The number of anilines is 1. The molecule has 7 nitrogen and oxygen atoms in total. The van der Waals surface area contributed by atoms with Crippen LogP contribution in [-0.4, -0.2) is 40.3 Å². The van der Waals surface area contributed by atoms with E-state index in [2.05, 4.69) is 34.4 Å². The maximum absolute atomic E-state index is 12.6. The number of amides is 2. The van der Waals surface area contributed by atoms with Gasteiger partial charge in [-0.05, 0) is 42.0 Å². The molecule has 1 saturated carbocycles. The van der Waals surface area contributed by atoms with Crippen molar-refractivity contribution in [3.05, 3.63) is 30.0 Å². The minimum Gasteiger partial charge on any atom is -0.346 e. The van der Waals surface area contributed by atoms with E-state index >= 15 is 0 Å². The molecule has 2 aromatic rings. The number of fused-ring (bicyclic) bond motifs is 1. The van der Waals surface area contributed by atoms with Crippen LogP contribution < -0.4 is 5.32 Å². The number of carbonyl (C=O) groups is 2. The lowest BCUT2D eigenvalue weighted by molar-refractivity contribution is -0.132. The number of carbonyl (C=O) groups excluding carboxylic acids is 2. The van der Waals surface area contributed by atoms with Gasteiger partial charge in [0.2, 0.25) is 12.3 Å². The average molecular weight is 363 g/mol. The van der Waals surface area contributed by atoms with Crippen molar-refractivity contribution in [3.63, 3.8) is 0 Å². The number of aromatic nitrogens is 2. The number of nitrogens with one attached hydrogen (secondary N) is 2. The lowest BCUT2D eigenvalue weighted by Crippen LogP contribution is -2.39. The van der Waals surface area contributed by atoms with E-state index in [0.717, 1.165) is 29.4 Å². The molecule has 1 unspecified atom stereocenters. The highest BCUT2D eigenvalue weighted by atomic mass is 16.2. The summed E-state index contributed by atoms with van der Waals surface area (Å²) in [5.41, 5.74) is 2.46. The smallest absolute Gasteiger partial charge is 0.224 e. The van der Waals surface area contributed by atoms with Gasteiger partial charge in [-0.3, -0.25) is 9.59 Å². The van der Waals surface area contributed by atoms with E-state index in [9.17, 15) is 14.9 Å². The van der Waals surface area contributed by atoms with E-state index in [1.54, 1.807) is 0 Å². The van der Waals surface area contributed by atoms with Gasteiger partial charge >= 0.3 is 0 Å². The van der Waals surface area contributed by atoms with Gasteiger partial charge in [0.25, 0.3) is 0 Å². The van der Waals surface area contributed by atoms with E-state index in [4.69, 9.17) is 0 Å². The number of nitriles is 1. The first-order valence-corrected chi connectivity index (χ1v) is 9.13. The number of rotatable bonds is 5. The van der Waals surface area contributed by atoms with Crippen LogP contribution in [0.2, 0.25) is 0 Å². The summed E-state index contributed by atoms with van der Waals surface area (Å²) in [6.07, 6.45) is 6.49. The summed E-state index contributed by atoms with van der Waals surface area (Å²) in [4.78, 5) is 32.7. The van der Waals surface area contributed by atoms with Crippen molar-refractivity contribution < 1.29 is 9.59 Å². The van der Waals surface area contributed by atoms with Crippen molar-refractivity contribution in [1.82, 2.24) is 14.9 Å². The van der Waals surface area contributed by atoms with Crippen LogP contribution in [0.3, 0.4) is 0 Å². The van der Waals surface area contributed by atoms with Crippen LogP contribution in [0.15, 0.2) is 24.4 Å². The SMILES string of the molecule is CC1CN(C(=O)CC2(C#N)CC2)CC=C1c1cc(NC=O)nc2[nH]ccc12. The predicted molar refractivity (Wildman–Crippen MR) is 101 cm³/mol. The number of pyridine rings is 1. The molecule has 27 heavy (non-hydrogen) atoms. The predicted octanol–water partition coefficient (Wildman–Crippen LogP) is 2.69. The first kappa shape index (κ1) is 17.3. The van der Waals surface area contributed by atoms with E-state index in [1.165, 1.54) is 0 Å². The third kappa shape index (κ3) is 3.19. The molecule has 1 aliphatic carbocycles. The molecule has 2 amide bonds. The number of hydrogen-bond donors (Lipinski definition) is 2. The Morgan fingerprint density at radius 3 is 3.04 bits per heavy atom. The highest BCUT2D eigenvalue weighted by Crippen LogP contribution is 2.48. The average Bonchev–Trinajstić information content (AvgIpc) is 3.27. The normalized spacial score (nSPS) is 20.7. The van der Waals surface area contributed by atoms with Gasteiger partial charge in [0, 0.05) is 31.1 Å². The Morgan fingerprint density at radius 1 is 1.56 bits per heavy atom. The molecule has 2 aromatic heterocycles. The number of hydrogen-bond acceptors (Lipinski definition) is 4. The summed E-state index contributed by atoms with van der Waals surface area (Å²) in [6, 6.07) is 6.14. The molecule has 0 bridgehead atoms. The maximum Gasteiger partial charge on any atom is 0.224 e. The van der Waals surface area contributed by atoms with Gasteiger partial charge in [0.15, 0.2) is 0 Å².